The Morgan fingerprint density at radius 3 is 1.89 bits per heavy atom. The number of hydrogen-bond acceptors (Lipinski definition) is 0. The van der Waals surface area contributed by atoms with Crippen molar-refractivity contribution in [2.24, 2.45) is 0 Å². The summed E-state index contributed by atoms with van der Waals surface area (Å²) in [7, 11) is 0. The van der Waals surface area contributed by atoms with E-state index in [0.717, 1.165) is 12.8 Å². The molecule has 0 heterocycles. The van der Waals surface area contributed by atoms with E-state index < -0.39 is 0 Å². The molecule has 1 unspecified atom stereocenters. The third kappa shape index (κ3) is 3.86. The molecule has 0 fully saturated rings. The van der Waals surface area contributed by atoms with E-state index in [9.17, 15) is 0 Å². The van der Waals surface area contributed by atoms with Gasteiger partial charge in [-0.2, -0.15) is 0 Å². The van der Waals surface area contributed by atoms with Crippen LogP contribution in [0.2, 0.25) is 0 Å². The van der Waals surface area contributed by atoms with Crippen molar-refractivity contribution in [3.05, 3.63) is 167 Å². The van der Waals surface area contributed by atoms with Gasteiger partial charge in [0.2, 0.25) is 0 Å². The van der Waals surface area contributed by atoms with Crippen molar-refractivity contribution in [2.75, 3.05) is 0 Å². The van der Waals surface area contributed by atoms with Crippen LogP contribution in [0.15, 0.2) is 145 Å². The molecular weight excluding hydrogens is 444 g/mol. The van der Waals surface area contributed by atoms with E-state index in [1.54, 1.807) is 0 Å². The van der Waals surface area contributed by atoms with Crippen molar-refractivity contribution in [1.29, 1.82) is 0 Å². The van der Waals surface area contributed by atoms with Gasteiger partial charge >= 0.3 is 0 Å². The molecule has 2 aliphatic carbocycles. The van der Waals surface area contributed by atoms with E-state index in [1.807, 2.05) is 0 Å². The molecule has 5 aromatic carbocycles. The summed E-state index contributed by atoms with van der Waals surface area (Å²) < 4.78 is 0. The van der Waals surface area contributed by atoms with E-state index in [-0.39, 0.29) is 5.92 Å². The lowest BCUT2D eigenvalue weighted by molar-refractivity contribution is 0.906. The zero-order chi connectivity index (χ0) is 24.6. The van der Waals surface area contributed by atoms with Crippen LogP contribution in [-0.2, 0) is 6.42 Å². The molecule has 176 valence electrons. The largest absolute Gasteiger partial charge is 0.0804 e. The Bertz CT molecular complexity index is 1640. The average Bonchev–Trinajstić information content (AvgIpc) is 3.63. The van der Waals surface area contributed by atoms with Crippen LogP contribution in [-0.4, -0.2) is 0 Å². The van der Waals surface area contributed by atoms with Crippen molar-refractivity contribution in [3.63, 3.8) is 0 Å². The Balaban J connectivity index is 1.45. The first-order valence-corrected chi connectivity index (χ1v) is 13.2. The highest BCUT2D eigenvalue weighted by Crippen LogP contribution is 2.49. The van der Waals surface area contributed by atoms with Crippen LogP contribution in [0.1, 0.15) is 34.6 Å². The minimum absolute atomic E-state index is 0.226. The van der Waals surface area contributed by atoms with Gasteiger partial charge in [0.25, 0.3) is 0 Å². The van der Waals surface area contributed by atoms with Gasteiger partial charge in [-0.15, -0.1) is 0 Å². The molecule has 0 nitrogen and oxygen atoms in total. The molecule has 0 bridgehead atoms. The molecule has 0 amide bonds. The number of hydrogen-bond donors (Lipinski definition) is 0. The number of fused-ring (bicyclic) bond motifs is 3. The second-order valence-electron chi connectivity index (χ2n) is 10.1. The van der Waals surface area contributed by atoms with Crippen LogP contribution in [0, 0.1) is 0 Å². The molecule has 0 aromatic heterocycles. The number of rotatable bonds is 5. The molecule has 5 aromatic rings. The summed E-state index contributed by atoms with van der Waals surface area (Å²) in [5.41, 5.74) is 15.2. The number of benzene rings is 5. The van der Waals surface area contributed by atoms with Gasteiger partial charge in [0.05, 0.1) is 0 Å². The van der Waals surface area contributed by atoms with Crippen molar-refractivity contribution in [2.45, 2.75) is 18.8 Å². The maximum atomic E-state index is 2.41. The van der Waals surface area contributed by atoms with Gasteiger partial charge in [0.15, 0.2) is 0 Å². The monoisotopic (exact) mass is 472 g/mol. The minimum Gasteiger partial charge on any atom is -0.0804 e. The van der Waals surface area contributed by atoms with Gasteiger partial charge in [-0.25, -0.2) is 0 Å². The number of allylic oxidation sites excluding steroid dienone is 4. The molecule has 2 aliphatic rings. The second kappa shape index (κ2) is 9.22. The maximum Gasteiger partial charge on any atom is 0.0314 e. The maximum absolute atomic E-state index is 2.41. The SMILES string of the molecule is C1=CCC(C(c2ccccc2)c2c(-c3ccccc3)ccc3c2Cc2cc(-c4ccccc4)ccc2-3)=C1. The molecule has 7 rings (SSSR count). The van der Waals surface area contributed by atoms with E-state index in [0.29, 0.717) is 0 Å². The highest BCUT2D eigenvalue weighted by atomic mass is 14.3. The Kier molecular flexibility index (Phi) is 5.44. The summed E-state index contributed by atoms with van der Waals surface area (Å²) in [6.07, 6.45) is 8.81. The average molecular weight is 473 g/mol. The predicted octanol–water partition coefficient (Wildman–Crippen LogP) is 9.61. The molecule has 0 radical (unpaired) electrons. The van der Waals surface area contributed by atoms with Crippen molar-refractivity contribution >= 4 is 0 Å². The predicted molar refractivity (Wildman–Crippen MR) is 156 cm³/mol. The lowest BCUT2D eigenvalue weighted by Crippen LogP contribution is -2.09. The molecular formula is C37H28. The van der Waals surface area contributed by atoms with Crippen LogP contribution in [0.25, 0.3) is 33.4 Å². The van der Waals surface area contributed by atoms with Gasteiger partial charge in [-0.1, -0.05) is 145 Å². The Morgan fingerprint density at radius 1 is 0.541 bits per heavy atom. The smallest absolute Gasteiger partial charge is 0.0314 e. The molecule has 0 spiro atoms. The summed E-state index contributed by atoms with van der Waals surface area (Å²) in [6, 6.07) is 44.5. The van der Waals surface area contributed by atoms with Crippen molar-refractivity contribution < 1.29 is 0 Å². The lowest BCUT2D eigenvalue weighted by atomic mass is 9.77. The van der Waals surface area contributed by atoms with Crippen LogP contribution < -0.4 is 0 Å². The summed E-state index contributed by atoms with van der Waals surface area (Å²) in [5.74, 6) is 0.226. The lowest BCUT2D eigenvalue weighted by Gasteiger charge is -2.26. The highest BCUT2D eigenvalue weighted by molar-refractivity contribution is 5.86. The van der Waals surface area contributed by atoms with E-state index in [2.05, 4.69) is 140 Å². The standard InChI is InChI=1S/C37H28/c1-4-12-26(13-5-1)30-20-21-32-31(24-30)25-35-34(32)23-22-33(27-14-6-2-7-15-27)37(35)36(29-18-10-11-19-29)28-16-8-3-9-17-28/h1-18,20-24,36H,19,25H2. The van der Waals surface area contributed by atoms with Crippen LogP contribution in [0.3, 0.4) is 0 Å². The Labute approximate surface area is 219 Å². The molecule has 1 atom stereocenters. The first-order chi connectivity index (χ1) is 18.4. The van der Waals surface area contributed by atoms with Gasteiger partial charge in [-0.3, -0.25) is 0 Å². The van der Waals surface area contributed by atoms with Crippen LogP contribution >= 0.6 is 0 Å². The van der Waals surface area contributed by atoms with Gasteiger partial charge in [0.1, 0.15) is 0 Å². The van der Waals surface area contributed by atoms with Crippen molar-refractivity contribution in [1.82, 2.24) is 0 Å². The summed E-state index contributed by atoms with van der Waals surface area (Å²) in [4.78, 5) is 0. The summed E-state index contributed by atoms with van der Waals surface area (Å²) in [6.45, 7) is 0. The molecule has 37 heavy (non-hydrogen) atoms. The van der Waals surface area contributed by atoms with Crippen LogP contribution in [0.5, 0.6) is 0 Å². The first kappa shape index (κ1) is 21.8. The fraction of sp³-hybridized carbons (Fsp3) is 0.0811. The Hall–Kier alpha value is -4.42. The zero-order valence-electron chi connectivity index (χ0n) is 20.8. The van der Waals surface area contributed by atoms with Crippen LogP contribution in [0.4, 0.5) is 0 Å². The normalized spacial score (nSPS) is 14.2. The van der Waals surface area contributed by atoms with E-state index >= 15 is 0 Å². The zero-order valence-corrected chi connectivity index (χ0v) is 20.8. The molecule has 0 heteroatoms. The second-order valence-corrected chi connectivity index (χ2v) is 10.1. The van der Waals surface area contributed by atoms with Gasteiger partial charge in [0, 0.05) is 5.92 Å². The van der Waals surface area contributed by atoms with E-state index in [4.69, 9.17) is 0 Å². The summed E-state index contributed by atoms with van der Waals surface area (Å²) in [5, 5.41) is 0. The molecule has 0 saturated heterocycles. The third-order valence-electron chi connectivity index (χ3n) is 7.90. The van der Waals surface area contributed by atoms with Gasteiger partial charge in [-0.05, 0) is 68.5 Å². The minimum atomic E-state index is 0.226. The van der Waals surface area contributed by atoms with Crippen molar-refractivity contribution in [3.8, 4) is 33.4 Å². The fourth-order valence-electron chi connectivity index (χ4n) is 6.20. The third-order valence-corrected chi connectivity index (χ3v) is 7.90. The fourth-order valence-corrected chi connectivity index (χ4v) is 6.20. The molecule has 0 saturated carbocycles. The van der Waals surface area contributed by atoms with Gasteiger partial charge < -0.3 is 0 Å². The van der Waals surface area contributed by atoms with E-state index in [1.165, 1.54) is 61.2 Å². The first-order valence-electron chi connectivity index (χ1n) is 13.2. The molecule has 0 N–H and O–H groups in total. The highest BCUT2D eigenvalue weighted by Gasteiger charge is 2.30. The summed E-state index contributed by atoms with van der Waals surface area (Å²) >= 11 is 0. The topological polar surface area (TPSA) is 0 Å². The quantitative estimate of drug-likeness (QED) is 0.234. The Morgan fingerprint density at radius 2 is 1.19 bits per heavy atom. The molecule has 0 aliphatic heterocycles.